The van der Waals surface area contributed by atoms with Crippen molar-refractivity contribution in [1.82, 2.24) is 14.6 Å². The van der Waals surface area contributed by atoms with E-state index in [0.29, 0.717) is 12.3 Å². The largest absolute Gasteiger partial charge is 0.370 e. The molecule has 0 unspecified atom stereocenters. The SMILES string of the molecule is CC(C)c1cnn2c(NCc3ccccc3)cc(NCCCCCCC#N)nc12. The normalized spacial score (nSPS) is 11.0. The lowest BCUT2D eigenvalue weighted by Crippen LogP contribution is -2.10. The number of aromatic nitrogens is 3. The van der Waals surface area contributed by atoms with E-state index in [2.05, 4.69) is 47.8 Å². The number of anilines is 2. The van der Waals surface area contributed by atoms with Crippen molar-refractivity contribution < 1.29 is 0 Å². The summed E-state index contributed by atoms with van der Waals surface area (Å²) in [4.78, 5) is 4.83. The first-order valence-electron chi connectivity index (χ1n) is 10.5. The fourth-order valence-electron chi connectivity index (χ4n) is 3.29. The smallest absolute Gasteiger partial charge is 0.163 e. The number of rotatable bonds is 11. The van der Waals surface area contributed by atoms with E-state index in [1.54, 1.807) is 0 Å². The maximum Gasteiger partial charge on any atom is 0.163 e. The van der Waals surface area contributed by atoms with Gasteiger partial charge in [0.05, 0.1) is 12.3 Å². The van der Waals surface area contributed by atoms with Crippen molar-refractivity contribution in [3.05, 3.63) is 53.7 Å². The van der Waals surface area contributed by atoms with E-state index in [0.717, 1.165) is 61.6 Å². The van der Waals surface area contributed by atoms with Crippen LogP contribution in [0.2, 0.25) is 0 Å². The molecule has 0 fully saturated rings. The number of hydrogen-bond acceptors (Lipinski definition) is 5. The van der Waals surface area contributed by atoms with Crippen LogP contribution in [0.4, 0.5) is 11.6 Å². The molecule has 1 aromatic carbocycles. The van der Waals surface area contributed by atoms with E-state index in [9.17, 15) is 0 Å². The Morgan fingerprint density at radius 1 is 1.07 bits per heavy atom. The summed E-state index contributed by atoms with van der Waals surface area (Å²) in [7, 11) is 0. The summed E-state index contributed by atoms with van der Waals surface area (Å²) in [6.07, 6.45) is 6.86. The number of nitrogens with zero attached hydrogens (tertiary/aromatic N) is 4. The maximum atomic E-state index is 8.61. The predicted octanol–water partition coefficient (Wildman–Crippen LogP) is 5.35. The minimum atomic E-state index is 0.359. The van der Waals surface area contributed by atoms with Crippen LogP contribution in [-0.4, -0.2) is 21.1 Å². The number of unbranched alkanes of at least 4 members (excludes halogenated alkanes) is 4. The molecule has 2 aromatic heterocycles. The summed E-state index contributed by atoms with van der Waals surface area (Å²) < 4.78 is 1.89. The number of benzene rings is 1. The van der Waals surface area contributed by atoms with Gasteiger partial charge in [0.1, 0.15) is 11.6 Å². The van der Waals surface area contributed by atoms with E-state index in [-0.39, 0.29) is 0 Å². The van der Waals surface area contributed by atoms with Crippen LogP contribution in [0.25, 0.3) is 5.65 Å². The average molecular weight is 391 g/mol. The zero-order valence-electron chi connectivity index (χ0n) is 17.4. The summed E-state index contributed by atoms with van der Waals surface area (Å²) in [5, 5.41) is 20.2. The molecule has 152 valence electrons. The zero-order chi connectivity index (χ0) is 20.5. The van der Waals surface area contributed by atoms with Gasteiger partial charge in [0, 0.05) is 31.1 Å². The molecule has 0 spiro atoms. The molecule has 0 saturated carbocycles. The van der Waals surface area contributed by atoms with Crippen molar-refractivity contribution in [3.8, 4) is 6.07 Å². The minimum absolute atomic E-state index is 0.359. The molecule has 6 heteroatoms. The molecule has 0 aliphatic carbocycles. The van der Waals surface area contributed by atoms with E-state index in [4.69, 9.17) is 10.2 Å². The highest BCUT2D eigenvalue weighted by atomic mass is 15.3. The van der Waals surface area contributed by atoms with Crippen LogP contribution < -0.4 is 10.6 Å². The van der Waals surface area contributed by atoms with Crippen LogP contribution in [0.3, 0.4) is 0 Å². The molecule has 2 N–H and O–H groups in total. The van der Waals surface area contributed by atoms with E-state index in [1.807, 2.05) is 35.0 Å². The monoisotopic (exact) mass is 390 g/mol. The Morgan fingerprint density at radius 2 is 1.86 bits per heavy atom. The molecule has 0 aliphatic heterocycles. The van der Waals surface area contributed by atoms with Crippen molar-refractivity contribution in [2.75, 3.05) is 17.2 Å². The number of hydrogen-bond donors (Lipinski definition) is 2. The third kappa shape index (κ3) is 5.71. The Hall–Kier alpha value is -3.07. The fraction of sp³-hybridized carbons (Fsp3) is 0.435. The highest BCUT2D eigenvalue weighted by Crippen LogP contribution is 2.24. The van der Waals surface area contributed by atoms with Crippen LogP contribution in [0.1, 0.15) is 63.0 Å². The standard InChI is InChI=1S/C23H30N6/c1-18(2)20-17-27-29-22(26-16-19-11-7-6-8-12-19)15-21(28-23(20)29)25-14-10-5-3-4-9-13-24/h6-8,11-12,15,17-18,26H,3-5,9-10,14,16H2,1-2H3,(H,25,28). The first-order chi connectivity index (χ1) is 14.2. The second-order valence-electron chi connectivity index (χ2n) is 7.60. The summed E-state index contributed by atoms with van der Waals surface area (Å²) in [5.41, 5.74) is 3.27. The Labute approximate surface area is 173 Å². The molecule has 3 rings (SSSR count). The summed E-state index contributed by atoms with van der Waals surface area (Å²) in [6, 6.07) is 14.6. The van der Waals surface area contributed by atoms with Gasteiger partial charge < -0.3 is 10.6 Å². The Morgan fingerprint density at radius 3 is 2.62 bits per heavy atom. The maximum absolute atomic E-state index is 8.61. The molecule has 3 aromatic rings. The second kappa shape index (κ2) is 10.5. The van der Waals surface area contributed by atoms with E-state index in [1.165, 1.54) is 5.56 Å². The third-order valence-electron chi connectivity index (χ3n) is 4.96. The minimum Gasteiger partial charge on any atom is -0.370 e. The first kappa shape index (κ1) is 20.7. The lowest BCUT2D eigenvalue weighted by molar-refractivity contribution is 0.663. The third-order valence-corrected chi connectivity index (χ3v) is 4.96. The van der Waals surface area contributed by atoms with Crippen LogP contribution in [-0.2, 0) is 6.54 Å². The van der Waals surface area contributed by atoms with Gasteiger partial charge in [0.15, 0.2) is 5.65 Å². The highest BCUT2D eigenvalue weighted by Gasteiger charge is 2.14. The Bertz CT molecular complexity index is 939. The van der Waals surface area contributed by atoms with Gasteiger partial charge in [-0.25, -0.2) is 4.98 Å². The first-order valence-corrected chi connectivity index (χ1v) is 10.5. The molecule has 2 heterocycles. The second-order valence-corrected chi connectivity index (χ2v) is 7.60. The molecule has 0 bridgehead atoms. The fourth-order valence-corrected chi connectivity index (χ4v) is 3.29. The van der Waals surface area contributed by atoms with Crippen LogP contribution in [0.15, 0.2) is 42.6 Å². The highest BCUT2D eigenvalue weighted by molar-refractivity contribution is 5.61. The van der Waals surface area contributed by atoms with Gasteiger partial charge in [0.25, 0.3) is 0 Å². The van der Waals surface area contributed by atoms with Gasteiger partial charge in [0.2, 0.25) is 0 Å². The lowest BCUT2D eigenvalue weighted by Gasteiger charge is -2.13. The number of fused-ring (bicyclic) bond motifs is 1. The van der Waals surface area contributed by atoms with Crippen molar-refractivity contribution in [2.45, 2.75) is 58.4 Å². The van der Waals surface area contributed by atoms with Crippen LogP contribution >= 0.6 is 0 Å². The van der Waals surface area contributed by atoms with Gasteiger partial charge in [-0.05, 0) is 24.3 Å². The Balaban J connectivity index is 1.71. The molecule has 29 heavy (non-hydrogen) atoms. The lowest BCUT2D eigenvalue weighted by atomic mass is 10.1. The van der Waals surface area contributed by atoms with Crippen molar-refractivity contribution in [3.63, 3.8) is 0 Å². The topological polar surface area (TPSA) is 78.0 Å². The number of nitrogens with one attached hydrogen (secondary N) is 2. The van der Waals surface area contributed by atoms with Crippen molar-refractivity contribution >= 4 is 17.3 Å². The molecule has 0 radical (unpaired) electrons. The quantitative estimate of drug-likeness (QED) is 0.431. The van der Waals surface area contributed by atoms with Crippen molar-refractivity contribution in [2.24, 2.45) is 0 Å². The van der Waals surface area contributed by atoms with E-state index < -0.39 is 0 Å². The van der Waals surface area contributed by atoms with Crippen LogP contribution in [0.5, 0.6) is 0 Å². The number of nitriles is 1. The summed E-state index contributed by atoms with van der Waals surface area (Å²) in [5.74, 6) is 2.16. The molecule has 0 amide bonds. The zero-order valence-corrected chi connectivity index (χ0v) is 17.4. The molecule has 6 nitrogen and oxygen atoms in total. The van der Waals surface area contributed by atoms with Gasteiger partial charge >= 0.3 is 0 Å². The van der Waals surface area contributed by atoms with Crippen LogP contribution in [0, 0.1) is 11.3 Å². The summed E-state index contributed by atoms with van der Waals surface area (Å²) >= 11 is 0. The van der Waals surface area contributed by atoms with Gasteiger partial charge in [-0.1, -0.05) is 57.0 Å². The Kier molecular flexibility index (Phi) is 7.46. The molecule has 0 saturated heterocycles. The van der Waals surface area contributed by atoms with Gasteiger partial charge in [-0.2, -0.15) is 14.9 Å². The van der Waals surface area contributed by atoms with Crippen molar-refractivity contribution in [1.29, 1.82) is 5.26 Å². The average Bonchev–Trinajstić information content (AvgIpc) is 3.16. The molecular formula is C23H30N6. The van der Waals surface area contributed by atoms with E-state index >= 15 is 0 Å². The molecule has 0 aliphatic rings. The van der Waals surface area contributed by atoms with Gasteiger partial charge in [-0.15, -0.1) is 0 Å². The predicted molar refractivity (Wildman–Crippen MR) is 118 cm³/mol. The molecule has 0 atom stereocenters. The molecular weight excluding hydrogens is 360 g/mol. The summed E-state index contributed by atoms with van der Waals surface area (Å²) in [6.45, 7) is 5.93. The van der Waals surface area contributed by atoms with Gasteiger partial charge in [-0.3, -0.25) is 0 Å².